The fourth-order valence-electron chi connectivity index (χ4n) is 1.45. The van der Waals surface area contributed by atoms with Gasteiger partial charge in [0.2, 0.25) is 6.41 Å². The number of morpholine rings is 1. The maximum absolute atomic E-state index is 10.8. The zero-order valence-electron chi connectivity index (χ0n) is 7.67. The van der Waals surface area contributed by atoms with Crippen LogP contribution in [0, 0.1) is 0 Å². The molecule has 2 rings (SSSR count). The number of amides is 1. The van der Waals surface area contributed by atoms with E-state index in [4.69, 9.17) is 4.74 Å². The van der Waals surface area contributed by atoms with Gasteiger partial charge >= 0.3 is 0 Å². The van der Waals surface area contributed by atoms with Gasteiger partial charge < -0.3 is 9.64 Å². The van der Waals surface area contributed by atoms with Crippen molar-refractivity contribution in [2.24, 2.45) is 0 Å². The molecule has 0 radical (unpaired) electrons. The Balaban J connectivity index is 2.19. The molecule has 0 spiro atoms. The van der Waals surface area contributed by atoms with Gasteiger partial charge in [0.1, 0.15) is 6.04 Å². The molecule has 1 unspecified atom stereocenters. The molecule has 1 saturated heterocycles. The first-order chi connectivity index (χ1) is 6.92. The van der Waals surface area contributed by atoms with Crippen LogP contribution in [0.1, 0.15) is 11.9 Å². The van der Waals surface area contributed by atoms with Crippen molar-refractivity contribution in [3.63, 3.8) is 0 Å². The van der Waals surface area contributed by atoms with Crippen molar-refractivity contribution in [1.82, 2.24) is 14.9 Å². The van der Waals surface area contributed by atoms with Gasteiger partial charge in [-0.15, -0.1) is 0 Å². The summed E-state index contributed by atoms with van der Waals surface area (Å²) >= 11 is 0. The molecule has 1 fully saturated rings. The molecule has 1 aromatic heterocycles. The summed E-state index contributed by atoms with van der Waals surface area (Å²) in [7, 11) is 0. The number of hydrogen-bond donors (Lipinski definition) is 0. The first-order valence-corrected chi connectivity index (χ1v) is 4.47. The van der Waals surface area contributed by atoms with Crippen molar-refractivity contribution in [3.05, 3.63) is 24.3 Å². The number of aromatic nitrogens is 2. The minimum atomic E-state index is -0.137. The molecular formula is C9H11N3O2. The van der Waals surface area contributed by atoms with E-state index in [1.54, 1.807) is 23.4 Å². The Morgan fingerprint density at radius 2 is 2.29 bits per heavy atom. The summed E-state index contributed by atoms with van der Waals surface area (Å²) in [6.07, 6.45) is 4.16. The Morgan fingerprint density at radius 1 is 1.50 bits per heavy atom. The van der Waals surface area contributed by atoms with Gasteiger partial charge in [-0.2, -0.15) is 0 Å². The predicted molar refractivity (Wildman–Crippen MR) is 48.4 cm³/mol. The van der Waals surface area contributed by atoms with Crippen LogP contribution in [0.3, 0.4) is 0 Å². The minimum Gasteiger partial charge on any atom is -0.377 e. The van der Waals surface area contributed by atoms with Crippen LogP contribution < -0.4 is 0 Å². The summed E-state index contributed by atoms with van der Waals surface area (Å²) in [6, 6.07) is 1.61. The highest BCUT2D eigenvalue weighted by molar-refractivity contribution is 5.48. The third-order valence-corrected chi connectivity index (χ3v) is 2.19. The van der Waals surface area contributed by atoms with Crippen LogP contribution in [0.4, 0.5) is 0 Å². The molecule has 74 valence electrons. The summed E-state index contributed by atoms with van der Waals surface area (Å²) in [5, 5.41) is 0. The van der Waals surface area contributed by atoms with Crippen molar-refractivity contribution in [1.29, 1.82) is 0 Å². The predicted octanol–water partition coefficient (Wildman–Crippen LogP) is 0.00630. The Morgan fingerprint density at radius 3 is 3.00 bits per heavy atom. The van der Waals surface area contributed by atoms with Gasteiger partial charge in [-0.25, -0.2) is 9.97 Å². The van der Waals surface area contributed by atoms with E-state index >= 15 is 0 Å². The molecule has 2 heterocycles. The van der Waals surface area contributed by atoms with Gasteiger partial charge in [-0.1, -0.05) is 0 Å². The molecule has 1 aliphatic rings. The maximum Gasteiger partial charge on any atom is 0.210 e. The number of carbonyl (C=O) groups is 1. The number of nitrogens with zero attached hydrogens (tertiary/aromatic N) is 3. The smallest absolute Gasteiger partial charge is 0.210 e. The lowest BCUT2D eigenvalue weighted by atomic mass is 10.2. The normalized spacial score (nSPS) is 22.0. The second kappa shape index (κ2) is 4.15. The highest BCUT2D eigenvalue weighted by atomic mass is 16.5. The van der Waals surface area contributed by atoms with E-state index in [1.807, 2.05) is 0 Å². The highest BCUT2D eigenvalue weighted by Crippen LogP contribution is 2.18. The Labute approximate surface area is 81.7 Å². The molecule has 0 bridgehead atoms. The van der Waals surface area contributed by atoms with E-state index in [9.17, 15) is 4.79 Å². The Bertz CT molecular complexity index is 304. The van der Waals surface area contributed by atoms with Crippen LogP contribution in [-0.4, -0.2) is 41.0 Å². The van der Waals surface area contributed by atoms with Crippen LogP contribution >= 0.6 is 0 Å². The summed E-state index contributed by atoms with van der Waals surface area (Å²) in [5.41, 5.74) is 0. The van der Waals surface area contributed by atoms with Crippen LogP contribution in [0.5, 0.6) is 0 Å². The number of carbonyl (C=O) groups excluding carboxylic acids is 1. The van der Waals surface area contributed by atoms with E-state index in [0.29, 0.717) is 25.6 Å². The van der Waals surface area contributed by atoms with Crippen LogP contribution in [0.25, 0.3) is 0 Å². The largest absolute Gasteiger partial charge is 0.377 e. The second-order valence-corrected chi connectivity index (χ2v) is 3.04. The van der Waals surface area contributed by atoms with Gasteiger partial charge in [0, 0.05) is 18.9 Å². The first kappa shape index (κ1) is 9.08. The third kappa shape index (κ3) is 1.72. The zero-order valence-corrected chi connectivity index (χ0v) is 7.67. The Hall–Kier alpha value is -1.49. The minimum absolute atomic E-state index is 0.137. The molecule has 14 heavy (non-hydrogen) atoms. The monoisotopic (exact) mass is 193 g/mol. The van der Waals surface area contributed by atoms with Crippen molar-refractivity contribution >= 4 is 6.41 Å². The summed E-state index contributed by atoms with van der Waals surface area (Å²) in [5.74, 6) is 0.638. The van der Waals surface area contributed by atoms with Gasteiger partial charge in [0.25, 0.3) is 0 Å². The fraction of sp³-hybridized carbons (Fsp3) is 0.444. The van der Waals surface area contributed by atoms with E-state index in [1.165, 1.54) is 0 Å². The zero-order chi connectivity index (χ0) is 9.80. The summed E-state index contributed by atoms with van der Waals surface area (Å²) < 4.78 is 5.29. The molecule has 0 N–H and O–H groups in total. The number of rotatable bonds is 2. The van der Waals surface area contributed by atoms with Gasteiger partial charge in [-0.3, -0.25) is 4.79 Å². The second-order valence-electron chi connectivity index (χ2n) is 3.04. The SMILES string of the molecule is O=CN1CCOCC1c1ncccn1. The topological polar surface area (TPSA) is 55.3 Å². The van der Waals surface area contributed by atoms with Crippen LogP contribution in [0.15, 0.2) is 18.5 Å². The average molecular weight is 193 g/mol. The summed E-state index contributed by atoms with van der Waals surface area (Å²) in [4.78, 5) is 20.6. The first-order valence-electron chi connectivity index (χ1n) is 4.47. The molecule has 0 aromatic carbocycles. The van der Waals surface area contributed by atoms with E-state index in [-0.39, 0.29) is 6.04 Å². The van der Waals surface area contributed by atoms with Gasteiger partial charge in [0.15, 0.2) is 5.82 Å². The number of hydrogen-bond acceptors (Lipinski definition) is 4. The van der Waals surface area contributed by atoms with Crippen molar-refractivity contribution in [2.75, 3.05) is 19.8 Å². The van der Waals surface area contributed by atoms with Crippen molar-refractivity contribution in [2.45, 2.75) is 6.04 Å². The lowest BCUT2D eigenvalue weighted by Crippen LogP contribution is -2.39. The van der Waals surface area contributed by atoms with E-state index in [0.717, 1.165) is 6.41 Å². The van der Waals surface area contributed by atoms with E-state index in [2.05, 4.69) is 9.97 Å². The summed E-state index contributed by atoms with van der Waals surface area (Å²) in [6.45, 7) is 1.66. The molecule has 1 amide bonds. The Kier molecular flexibility index (Phi) is 2.69. The van der Waals surface area contributed by atoms with Crippen molar-refractivity contribution < 1.29 is 9.53 Å². The molecule has 5 heteroatoms. The lowest BCUT2D eigenvalue weighted by molar-refractivity contribution is -0.126. The quantitative estimate of drug-likeness (QED) is 0.621. The third-order valence-electron chi connectivity index (χ3n) is 2.19. The van der Waals surface area contributed by atoms with Crippen molar-refractivity contribution in [3.8, 4) is 0 Å². The maximum atomic E-state index is 10.8. The molecular weight excluding hydrogens is 182 g/mol. The molecule has 0 aliphatic carbocycles. The van der Waals surface area contributed by atoms with Crippen LogP contribution in [-0.2, 0) is 9.53 Å². The molecule has 5 nitrogen and oxygen atoms in total. The van der Waals surface area contributed by atoms with Gasteiger partial charge in [-0.05, 0) is 6.07 Å². The lowest BCUT2D eigenvalue weighted by Gasteiger charge is -2.31. The van der Waals surface area contributed by atoms with Gasteiger partial charge in [0.05, 0.1) is 13.2 Å². The molecule has 1 aliphatic heterocycles. The molecule has 1 aromatic rings. The fourth-order valence-corrected chi connectivity index (χ4v) is 1.45. The average Bonchev–Trinajstić information content (AvgIpc) is 2.30. The highest BCUT2D eigenvalue weighted by Gasteiger charge is 2.24. The molecule has 1 atom stereocenters. The standard InChI is InChI=1S/C9H11N3O2/c13-7-12-4-5-14-6-8(12)9-10-2-1-3-11-9/h1-3,7-8H,4-6H2. The number of ether oxygens (including phenoxy) is 1. The van der Waals surface area contributed by atoms with E-state index < -0.39 is 0 Å². The van der Waals surface area contributed by atoms with Crippen LogP contribution in [0.2, 0.25) is 0 Å². The molecule has 0 saturated carbocycles.